The second kappa shape index (κ2) is 8.08. The Labute approximate surface area is 172 Å². The zero-order chi connectivity index (χ0) is 20.4. The molecule has 0 spiro atoms. The van der Waals surface area contributed by atoms with E-state index in [1.807, 2.05) is 23.7 Å². The van der Waals surface area contributed by atoms with E-state index >= 15 is 0 Å². The third-order valence-corrected chi connectivity index (χ3v) is 5.74. The van der Waals surface area contributed by atoms with Crippen molar-refractivity contribution in [2.45, 2.75) is 46.2 Å². The molecule has 1 heterocycles. The minimum Gasteiger partial charge on any atom is -0.346 e. The molecule has 4 rings (SSSR count). The average molecular weight is 386 g/mol. The quantitative estimate of drug-likeness (QED) is 0.649. The van der Waals surface area contributed by atoms with Gasteiger partial charge in [0.2, 0.25) is 5.91 Å². The van der Waals surface area contributed by atoms with Crippen molar-refractivity contribution < 1.29 is 4.79 Å². The molecule has 0 fully saturated rings. The monoisotopic (exact) mass is 385 g/mol. The van der Waals surface area contributed by atoms with Crippen molar-refractivity contribution in [3.05, 3.63) is 93.8 Å². The van der Waals surface area contributed by atoms with Crippen molar-refractivity contribution in [2.75, 3.05) is 0 Å². The van der Waals surface area contributed by atoms with Gasteiger partial charge in [-0.2, -0.15) is 5.10 Å². The maximum atomic E-state index is 12.5. The molecule has 2 aromatic carbocycles. The van der Waals surface area contributed by atoms with Gasteiger partial charge in [0.15, 0.2) is 0 Å². The second-order valence-electron chi connectivity index (χ2n) is 7.86. The van der Waals surface area contributed by atoms with Crippen LogP contribution in [0.2, 0.25) is 0 Å². The Morgan fingerprint density at radius 2 is 1.90 bits per heavy atom. The molecule has 0 saturated carbocycles. The van der Waals surface area contributed by atoms with Crippen LogP contribution in [0.25, 0.3) is 6.08 Å². The summed E-state index contributed by atoms with van der Waals surface area (Å²) in [5.74, 6) is -0.0585. The number of fused-ring (bicyclic) bond motifs is 1. The van der Waals surface area contributed by atoms with Gasteiger partial charge in [0.05, 0.1) is 18.3 Å². The topological polar surface area (TPSA) is 46.9 Å². The van der Waals surface area contributed by atoms with E-state index in [1.54, 1.807) is 6.08 Å². The number of nitrogens with zero attached hydrogens (tertiary/aromatic N) is 2. The Hall–Kier alpha value is -3.14. The van der Waals surface area contributed by atoms with Crippen molar-refractivity contribution in [3.63, 3.8) is 0 Å². The molecule has 0 aliphatic heterocycles. The van der Waals surface area contributed by atoms with Gasteiger partial charge in [0, 0.05) is 17.3 Å². The third-order valence-electron chi connectivity index (χ3n) is 5.74. The number of carbonyl (C=O) groups is 1. The fraction of sp³-hybridized carbons (Fsp3) is 0.280. The molecule has 1 N–H and O–H groups in total. The van der Waals surface area contributed by atoms with Gasteiger partial charge in [-0.25, -0.2) is 0 Å². The molecule has 4 heteroatoms. The highest BCUT2D eigenvalue weighted by atomic mass is 16.1. The number of hydrogen-bond donors (Lipinski definition) is 1. The van der Waals surface area contributed by atoms with Gasteiger partial charge < -0.3 is 5.32 Å². The highest BCUT2D eigenvalue weighted by molar-refractivity contribution is 5.92. The smallest absolute Gasteiger partial charge is 0.244 e. The van der Waals surface area contributed by atoms with Crippen molar-refractivity contribution >= 4 is 12.0 Å². The zero-order valence-corrected chi connectivity index (χ0v) is 17.3. The SMILES string of the molecule is Cc1ccc(Cn2nc(C)c(/C=C/C(=O)NC3CCc4ccccc43)c2C)cc1. The Bertz CT molecular complexity index is 1060. The maximum absolute atomic E-state index is 12.5. The van der Waals surface area contributed by atoms with Gasteiger partial charge in [-0.3, -0.25) is 9.48 Å². The van der Waals surface area contributed by atoms with Crippen LogP contribution in [-0.2, 0) is 17.8 Å². The van der Waals surface area contributed by atoms with Crippen LogP contribution in [0.4, 0.5) is 0 Å². The summed E-state index contributed by atoms with van der Waals surface area (Å²) in [5, 5.41) is 7.82. The van der Waals surface area contributed by atoms with Gasteiger partial charge >= 0.3 is 0 Å². The Kier molecular flexibility index (Phi) is 5.34. The number of aromatic nitrogens is 2. The molecule has 29 heavy (non-hydrogen) atoms. The molecule has 1 atom stereocenters. The fourth-order valence-corrected chi connectivity index (χ4v) is 4.06. The summed E-state index contributed by atoms with van der Waals surface area (Å²) in [6.45, 7) is 6.86. The fourth-order valence-electron chi connectivity index (χ4n) is 4.06. The Morgan fingerprint density at radius 3 is 2.69 bits per heavy atom. The molecule has 4 nitrogen and oxygen atoms in total. The molecular weight excluding hydrogens is 358 g/mol. The number of benzene rings is 2. The van der Waals surface area contributed by atoms with Crippen LogP contribution < -0.4 is 5.32 Å². The van der Waals surface area contributed by atoms with Gasteiger partial charge in [-0.1, -0.05) is 54.1 Å². The van der Waals surface area contributed by atoms with E-state index in [-0.39, 0.29) is 11.9 Å². The first-order valence-corrected chi connectivity index (χ1v) is 10.2. The highest BCUT2D eigenvalue weighted by Gasteiger charge is 2.22. The zero-order valence-electron chi connectivity index (χ0n) is 17.3. The van der Waals surface area contributed by atoms with Crippen LogP contribution in [0.5, 0.6) is 0 Å². The number of carbonyl (C=O) groups excluding carboxylic acids is 1. The van der Waals surface area contributed by atoms with Crippen molar-refractivity contribution in [2.24, 2.45) is 0 Å². The summed E-state index contributed by atoms with van der Waals surface area (Å²) in [5.41, 5.74) is 8.07. The van der Waals surface area contributed by atoms with Crippen molar-refractivity contribution in [1.29, 1.82) is 0 Å². The predicted octanol–water partition coefficient (Wildman–Crippen LogP) is 4.67. The van der Waals surface area contributed by atoms with E-state index in [4.69, 9.17) is 0 Å². The Morgan fingerprint density at radius 1 is 1.14 bits per heavy atom. The van der Waals surface area contributed by atoms with Crippen LogP contribution >= 0.6 is 0 Å². The molecule has 3 aromatic rings. The first-order valence-electron chi connectivity index (χ1n) is 10.2. The van der Waals surface area contributed by atoms with E-state index in [2.05, 4.69) is 66.7 Å². The Balaban J connectivity index is 1.45. The van der Waals surface area contributed by atoms with Gasteiger partial charge in [0.25, 0.3) is 0 Å². The summed E-state index contributed by atoms with van der Waals surface area (Å²) in [7, 11) is 0. The number of aryl methyl sites for hydroxylation is 3. The lowest BCUT2D eigenvalue weighted by Crippen LogP contribution is -2.25. The molecule has 1 amide bonds. The van der Waals surface area contributed by atoms with Gasteiger partial charge in [-0.15, -0.1) is 0 Å². The number of rotatable bonds is 5. The summed E-state index contributed by atoms with van der Waals surface area (Å²) in [6, 6.07) is 17.0. The van der Waals surface area contributed by atoms with E-state index in [0.717, 1.165) is 36.3 Å². The molecule has 0 bridgehead atoms. The molecule has 1 aliphatic carbocycles. The van der Waals surface area contributed by atoms with E-state index in [9.17, 15) is 4.79 Å². The van der Waals surface area contributed by atoms with E-state index in [0.29, 0.717) is 0 Å². The molecule has 1 aromatic heterocycles. The van der Waals surface area contributed by atoms with Crippen LogP contribution in [-0.4, -0.2) is 15.7 Å². The minimum atomic E-state index is -0.0585. The van der Waals surface area contributed by atoms with Crippen molar-refractivity contribution in [3.8, 4) is 0 Å². The van der Waals surface area contributed by atoms with Crippen LogP contribution in [0.3, 0.4) is 0 Å². The molecule has 0 saturated heterocycles. The van der Waals surface area contributed by atoms with Crippen LogP contribution in [0.15, 0.2) is 54.6 Å². The lowest BCUT2D eigenvalue weighted by molar-refractivity contribution is -0.117. The first kappa shape index (κ1) is 19.2. The molecular formula is C25H27N3O. The summed E-state index contributed by atoms with van der Waals surface area (Å²) >= 11 is 0. The highest BCUT2D eigenvalue weighted by Crippen LogP contribution is 2.30. The minimum absolute atomic E-state index is 0.0585. The molecule has 148 valence electrons. The third kappa shape index (κ3) is 4.16. The second-order valence-corrected chi connectivity index (χ2v) is 7.86. The summed E-state index contributed by atoms with van der Waals surface area (Å²) < 4.78 is 2.00. The predicted molar refractivity (Wildman–Crippen MR) is 117 cm³/mol. The lowest BCUT2D eigenvalue weighted by atomic mass is 10.1. The van der Waals surface area contributed by atoms with Gasteiger partial charge in [0.1, 0.15) is 0 Å². The molecule has 1 unspecified atom stereocenters. The van der Waals surface area contributed by atoms with Crippen molar-refractivity contribution in [1.82, 2.24) is 15.1 Å². The van der Waals surface area contributed by atoms with E-state index < -0.39 is 0 Å². The lowest BCUT2D eigenvalue weighted by Gasteiger charge is -2.12. The largest absolute Gasteiger partial charge is 0.346 e. The average Bonchev–Trinajstić information content (AvgIpc) is 3.23. The van der Waals surface area contributed by atoms with E-state index in [1.165, 1.54) is 22.3 Å². The maximum Gasteiger partial charge on any atom is 0.244 e. The normalized spacial score (nSPS) is 15.6. The standard InChI is InChI=1S/C25H27N3O/c1-17-8-10-20(11-9-17)16-28-19(3)22(18(2)27-28)13-15-25(29)26-24-14-12-21-6-4-5-7-23(21)24/h4-11,13,15,24H,12,14,16H2,1-3H3,(H,26,29)/b15-13+. The summed E-state index contributed by atoms with van der Waals surface area (Å²) in [4.78, 5) is 12.5. The number of hydrogen-bond acceptors (Lipinski definition) is 2. The van der Waals surface area contributed by atoms with Crippen LogP contribution in [0, 0.1) is 20.8 Å². The van der Waals surface area contributed by atoms with Crippen LogP contribution in [0.1, 0.15) is 51.7 Å². The number of amides is 1. The number of nitrogens with one attached hydrogen (secondary N) is 1. The van der Waals surface area contributed by atoms with Gasteiger partial charge in [-0.05, 0) is 56.4 Å². The molecule has 1 aliphatic rings. The first-order chi connectivity index (χ1) is 14.0. The molecule has 0 radical (unpaired) electrons. The summed E-state index contributed by atoms with van der Waals surface area (Å²) in [6.07, 6.45) is 5.51.